The van der Waals surface area contributed by atoms with Crippen LogP contribution in [0.5, 0.6) is 0 Å². The Balaban J connectivity index is 1.67. The summed E-state index contributed by atoms with van der Waals surface area (Å²) in [4.78, 5) is 21.0. The lowest BCUT2D eigenvalue weighted by Crippen LogP contribution is -2.52. The maximum atomic E-state index is 15.1. The van der Waals surface area contributed by atoms with Gasteiger partial charge in [-0.15, -0.1) is 0 Å². The van der Waals surface area contributed by atoms with E-state index in [1.165, 1.54) is 0 Å². The second-order valence-corrected chi connectivity index (χ2v) is 7.90. The van der Waals surface area contributed by atoms with Gasteiger partial charge in [-0.3, -0.25) is 4.79 Å². The number of hydrogen-bond acceptors (Lipinski definition) is 5. The van der Waals surface area contributed by atoms with Crippen LogP contribution in [0.1, 0.15) is 32.6 Å². The van der Waals surface area contributed by atoms with Gasteiger partial charge in [-0.25, -0.2) is 9.97 Å². The molecule has 3 saturated carbocycles. The zero-order valence-corrected chi connectivity index (χ0v) is 16.7. The van der Waals surface area contributed by atoms with Crippen molar-refractivity contribution in [2.45, 2.75) is 38.6 Å². The van der Waals surface area contributed by atoms with E-state index in [0.29, 0.717) is 17.3 Å². The topological polar surface area (TPSA) is 69.0 Å². The minimum absolute atomic E-state index is 0.118. The van der Waals surface area contributed by atoms with Gasteiger partial charge in [0, 0.05) is 18.4 Å². The van der Waals surface area contributed by atoms with Gasteiger partial charge < -0.3 is 14.6 Å². The number of hydrogen-bond donors (Lipinski definition) is 1. The van der Waals surface area contributed by atoms with Crippen LogP contribution in [0.3, 0.4) is 0 Å². The number of esters is 1. The Morgan fingerprint density at radius 3 is 2.59 bits per heavy atom. The van der Waals surface area contributed by atoms with Crippen LogP contribution in [0, 0.1) is 23.6 Å². The van der Waals surface area contributed by atoms with E-state index >= 15 is 4.39 Å². The molecular formula is C19H22BrFN4O2. The van der Waals surface area contributed by atoms with Crippen LogP contribution in [-0.4, -0.2) is 33.2 Å². The highest BCUT2D eigenvalue weighted by Crippen LogP contribution is 2.47. The van der Waals surface area contributed by atoms with Gasteiger partial charge >= 0.3 is 5.97 Å². The molecule has 2 aromatic rings. The normalized spacial score (nSPS) is 26.8. The molecule has 2 bridgehead atoms. The number of carbonyl (C=O) groups excluding carboxylic acids is 1. The van der Waals surface area contributed by atoms with E-state index in [-0.39, 0.29) is 35.5 Å². The van der Waals surface area contributed by atoms with Crippen molar-refractivity contribution in [2.24, 2.45) is 17.8 Å². The van der Waals surface area contributed by atoms with Crippen molar-refractivity contribution in [3.8, 4) is 5.82 Å². The Morgan fingerprint density at radius 1 is 1.26 bits per heavy atom. The van der Waals surface area contributed by atoms with Crippen molar-refractivity contribution >= 4 is 27.7 Å². The maximum Gasteiger partial charge on any atom is 0.311 e. The number of halogens is 2. The summed E-state index contributed by atoms with van der Waals surface area (Å²) in [5.74, 6) is -0.107. The lowest BCUT2D eigenvalue weighted by molar-refractivity contribution is -0.154. The second kappa shape index (κ2) is 7.58. The summed E-state index contributed by atoms with van der Waals surface area (Å²) in [6, 6.07) is 3.43. The van der Waals surface area contributed by atoms with Crippen molar-refractivity contribution in [1.82, 2.24) is 14.5 Å². The Morgan fingerprint density at radius 2 is 1.93 bits per heavy atom. The number of aromatic nitrogens is 3. The first kappa shape index (κ1) is 18.4. The molecule has 2 heterocycles. The number of fused-ring (bicyclic) bond motifs is 3. The highest BCUT2D eigenvalue weighted by Gasteiger charge is 2.48. The molecule has 0 saturated heterocycles. The van der Waals surface area contributed by atoms with Crippen LogP contribution in [0.15, 0.2) is 29.3 Å². The summed E-state index contributed by atoms with van der Waals surface area (Å²) >= 11 is 3.27. The van der Waals surface area contributed by atoms with Crippen LogP contribution in [0.25, 0.3) is 5.82 Å². The quantitative estimate of drug-likeness (QED) is 0.567. The molecule has 3 aliphatic carbocycles. The molecule has 0 aromatic carbocycles. The van der Waals surface area contributed by atoms with E-state index in [1.54, 1.807) is 29.1 Å². The second-order valence-electron chi connectivity index (χ2n) is 7.19. The highest BCUT2D eigenvalue weighted by atomic mass is 79.9. The number of nitrogens with zero attached hydrogens (tertiary/aromatic N) is 3. The summed E-state index contributed by atoms with van der Waals surface area (Å²) < 4.78 is 22.4. The molecular weight excluding hydrogens is 415 g/mol. The van der Waals surface area contributed by atoms with Crippen molar-refractivity contribution in [3.05, 3.63) is 35.1 Å². The molecule has 0 spiro atoms. The molecule has 27 heavy (non-hydrogen) atoms. The van der Waals surface area contributed by atoms with Crippen LogP contribution >= 0.6 is 15.9 Å². The number of rotatable bonds is 5. The summed E-state index contributed by atoms with van der Waals surface area (Å²) in [6.07, 6.45) is 7.58. The van der Waals surface area contributed by atoms with Crippen LogP contribution in [-0.2, 0) is 9.53 Å². The van der Waals surface area contributed by atoms with Crippen LogP contribution in [0.2, 0.25) is 0 Å². The lowest BCUT2D eigenvalue weighted by Gasteiger charge is -2.47. The van der Waals surface area contributed by atoms with Crippen molar-refractivity contribution in [1.29, 1.82) is 0 Å². The third-order valence-electron chi connectivity index (χ3n) is 5.74. The van der Waals surface area contributed by atoms with E-state index in [2.05, 4.69) is 31.2 Å². The van der Waals surface area contributed by atoms with Gasteiger partial charge in [-0.05, 0) is 72.5 Å². The fourth-order valence-electron chi connectivity index (χ4n) is 4.54. The molecule has 2 atom stereocenters. The maximum absolute atomic E-state index is 15.1. The molecule has 3 fully saturated rings. The molecule has 6 nitrogen and oxygen atoms in total. The predicted octanol–water partition coefficient (Wildman–Crippen LogP) is 3.95. The van der Waals surface area contributed by atoms with Gasteiger partial charge in [0.1, 0.15) is 0 Å². The average molecular weight is 437 g/mol. The highest BCUT2D eigenvalue weighted by molar-refractivity contribution is 9.10. The van der Waals surface area contributed by atoms with Crippen molar-refractivity contribution in [3.63, 3.8) is 0 Å². The molecule has 3 aliphatic rings. The Bertz CT molecular complexity index is 821. The minimum Gasteiger partial charge on any atom is -0.466 e. The lowest BCUT2D eigenvalue weighted by atomic mass is 9.61. The number of ether oxygens (including phenoxy) is 1. The third kappa shape index (κ3) is 3.47. The molecule has 1 N–H and O–H groups in total. The number of nitrogens with one attached hydrogen (secondary N) is 1. The molecule has 5 rings (SSSR count). The summed E-state index contributed by atoms with van der Waals surface area (Å²) in [6.45, 7) is 2.16. The van der Waals surface area contributed by atoms with Gasteiger partial charge in [-0.1, -0.05) is 0 Å². The number of anilines is 1. The Hall–Kier alpha value is -1.96. The molecule has 144 valence electrons. The van der Waals surface area contributed by atoms with Gasteiger partial charge in [0.25, 0.3) is 0 Å². The molecule has 8 heteroatoms. The Labute approximate surface area is 165 Å². The van der Waals surface area contributed by atoms with E-state index in [9.17, 15) is 4.79 Å². The van der Waals surface area contributed by atoms with Gasteiger partial charge in [0.05, 0.1) is 12.5 Å². The standard InChI is InChI=1S/C19H22BrFN4O2/c1-2-27-18(26)13-11-5-7-12(8-6-11)15(13)22-16-14(21)17(24-19(20)23-16)25-9-3-4-10-25/h3-4,9-13,15H,2,5-8H2,1H3,(H,22,23,24)/t11?,12?,13-,15-/m1/s1. The smallest absolute Gasteiger partial charge is 0.311 e. The molecule has 0 aliphatic heterocycles. The Kier molecular flexibility index (Phi) is 5.16. The van der Waals surface area contributed by atoms with E-state index < -0.39 is 5.82 Å². The van der Waals surface area contributed by atoms with Crippen LogP contribution in [0.4, 0.5) is 10.2 Å². The fraction of sp³-hybridized carbons (Fsp3) is 0.526. The zero-order valence-electron chi connectivity index (χ0n) is 15.1. The van der Waals surface area contributed by atoms with Gasteiger partial charge in [0.15, 0.2) is 11.6 Å². The minimum atomic E-state index is -0.529. The SMILES string of the molecule is CCOC(=O)[C@@H]1C2CCC(CC2)[C@H]1Nc1nc(Br)nc(-n2cccc2)c1F. The van der Waals surface area contributed by atoms with E-state index in [1.807, 2.05) is 6.92 Å². The summed E-state index contributed by atoms with van der Waals surface area (Å²) in [7, 11) is 0. The zero-order chi connectivity index (χ0) is 19.0. The first-order valence-electron chi connectivity index (χ1n) is 9.38. The van der Waals surface area contributed by atoms with Crippen LogP contribution < -0.4 is 5.32 Å². The molecule has 0 amide bonds. The average Bonchev–Trinajstić information content (AvgIpc) is 3.20. The molecule has 2 aromatic heterocycles. The van der Waals surface area contributed by atoms with Crippen molar-refractivity contribution < 1.29 is 13.9 Å². The largest absolute Gasteiger partial charge is 0.466 e. The summed E-state index contributed by atoms with van der Waals surface area (Å²) in [5.41, 5.74) is 0. The molecule has 0 radical (unpaired) electrons. The third-order valence-corrected chi connectivity index (χ3v) is 6.09. The first-order valence-corrected chi connectivity index (χ1v) is 10.2. The van der Waals surface area contributed by atoms with Crippen molar-refractivity contribution in [2.75, 3.05) is 11.9 Å². The predicted molar refractivity (Wildman–Crippen MR) is 102 cm³/mol. The van der Waals surface area contributed by atoms with Gasteiger partial charge in [0.2, 0.25) is 10.6 Å². The molecule has 0 unspecified atom stereocenters. The number of carbonyl (C=O) groups is 1. The summed E-state index contributed by atoms with van der Waals surface area (Å²) in [5, 5.41) is 3.24. The van der Waals surface area contributed by atoms with Gasteiger partial charge in [-0.2, -0.15) is 4.39 Å². The first-order chi connectivity index (χ1) is 13.1. The van der Waals surface area contributed by atoms with E-state index in [0.717, 1.165) is 25.7 Å². The van der Waals surface area contributed by atoms with E-state index in [4.69, 9.17) is 4.74 Å². The monoisotopic (exact) mass is 436 g/mol. The fourth-order valence-corrected chi connectivity index (χ4v) is 4.89.